The van der Waals surface area contributed by atoms with E-state index in [1.54, 1.807) is 10.9 Å². The summed E-state index contributed by atoms with van der Waals surface area (Å²) in [5.74, 6) is 1.96. The minimum atomic E-state index is -0.00297. The molecular formula is C16H20N4O3S. The first-order chi connectivity index (χ1) is 11.8. The molecule has 4 rings (SSSR count). The Kier molecular flexibility index (Phi) is 4.57. The van der Waals surface area contributed by atoms with Crippen molar-refractivity contribution in [2.45, 2.75) is 44.1 Å². The lowest BCUT2D eigenvalue weighted by Gasteiger charge is -2.32. The second-order valence-corrected chi connectivity index (χ2v) is 7.05. The Bertz CT molecular complexity index is 683. The number of piperidine rings is 1. The maximum atomic E-state index is 12.4. The molecule has 7 nitrogen and oxygen atoms in total. The Morgan fingerprint density at radius 2 is 2.33 bits per heavy atom. The second kappa shape index (κ2) is 6.98. The standard InChI is InChI=1S/C16H20N4O3S/c21-16(13-9-24-10-17-13)20-6-1-2-12(8-20)22-7-5-14-18-15(23-19-14)11-3-4-11/h9-12H,1-8H2. The molecule has 3 heterocycles. The van der Waals surface area contributed by atoms with E-state index >= 15 is 0 Å². The van der Waals surface area contributed by atoms with Crippen molar-refractivity contribution in [3.05, 3.63) is 28.3 Å². The van der Waals surface area contributed by atoms with Crippen molar-refractivity contribution >= 4 is 17.2 Å². The van der Waals surface area contributed by atoms with Crippen molar-refractivity contribution in [3.63, 3.8) is 0 Å². The lowest BCUT2D eigenvalue weighted by molar-refractivity contribution is 0.00235. The van der Waals surface area contributed by atoms with Gasteiger partial charge in [0.05, 0.1) is 18.2 Å². The molecule has 24 heavy (non-hydrogen) atoms. The fraction of sp³-hybridized carbons (Fsp3) is 0.625. The van der Waals surface area contributed by atoms with Crippen molar-refractivity contribution in [2.75, 3.05) is 19.7 Å². The highest BCUT2D eigenvalue weighted by molar-refractivity contribution is 7.07. The quantitative estimate of drug-likeness (QED) is 0.796. The fourth-order valence-electron chi connectivity index (χ4n) is 2.92. The molecule has 0 aromatic carbocycles. The summed E-state index contributed by atoms with van der Waals surface area (Å²) in [7, 11) is 0. The molecule has 0 radical (unpaired) electrons. The molecule has 1 atom stereocenters. The first-order valence-electron chi connectivity index (χ1n) is 8.41. The van der Waals surface area contributed by atoms with Crippen LogP contribution in [0.3, 0.4) is 0 Å². The number of carbonyl (C=O) groups is 1. The van der Waals surface area contributed by atoms with Gasteiger partial charge in [-0.05, 0) is 25.7 Å². The summed E-state index contributed by atoms with van der Waals surface area (Å²) >= 11 is 1.44. The van der Waals surface area contributed by atoms with E-state index in [0.717, 1.165) is 38.1 Å². The van der Waals surface area contributed by atoms with Gasteiger partial charge in [-0.2, -0.15) is 4.98 Å². The number of hydrogen-bond donors (Lipinski definition) is 0. The van der Waals surface area contributed by atoms with Crippen LogP contribution in [-0.4, -0.2) is 51.7 Å². The van der Waals surface area contributed by atoms with Gasteiger partial charge in [-0.25, -0.2) is 4.98 Å². The van der Waals surface area contributed by atoms with E-state index in [0.29, 0.717) is 37.0 Å². The number of likely N-dealkylation sites (tertiary alicyclic amines) is 1. The lowest BCUT2D eigenvalue weighted by Crippen LogP contribution is -2.43. The summed E-state index contributed by atoms with van der Waals surface area (Å²) in [6.45, 7) is 1.94. The van der Waals surface area contributed by atoms with Crippen molar-refractivity contribution in [1.29, 1.82) is 0 Å². The zero-order valence-corrected chi connectivity index (χ0v) is 14.2. The molecule has 2 fully saturated rings. The van der Waals surface area contributed by atoms with Crippen LogP contribution in [0.5, 0.6) is 0 Å². The maximum absolute atomic E-state index is 12.4. The minimum absolute atomic E-state index is 0.00297. The van der Waals surface area contributed by atoms with Gasteiger partial charge < -0.3 is 14.2 Å². The van der Waals surface area contributed by atoms with Crippen LogP contribution < -0.4 is 0 Å². The number of nitrogens with zero attached hydrogens (tertiary/aromatic N) is 4. The summed E-state index contributed by atoms with van der Waals surface area (Å²) in [4.78, 5) is 22.7. The molecule has 1 saturated heterocycles. The number of aromatic nitrogens is 3. The number of hydrogen-bond acceptors (Lipinski definition) is 7. The van der Waals surface area contributed by atoms with Crippen LogP contribution in [0, 0.1) is 0 Å². The maximum Gasteiger partial charge on any atom is 0.273 e. The molecule has 1 saturated carbocycles. The van der Waals surface area contributed by atoms with Gasteiger partial charge in [0.15, 0.2) is 5.82 Å². The molecule has 128 valence electrons. The zero-order chi connectivity index (χ0) is 16.4. The molecule has 2 aliphatic rings. The normalized spacial score (nSPS) is 21.2. The number of ether oxygens (including phenoxy) is 1. The van der Waals surface area contributed by atoms with Gasteiger partial charge in [0.1, 0.15) is 5.69 Å². The van der Waals surface area contributed by atoms with E-state index in [1.165, 1.54) is 11.3 Å². The predicted octanol–water partition coefficient (Wildman–Crippen LogP) is 2.27. The molecule has 0 bridgehead atoms. The van der Waals surface area contributed by atoms with Crippen molar-refractivity contribution in [2.24, 2.45) is 0 Å². The van der Waals surface area contributed by atoms with Crippen LogP contribution in [0.1, 0.15) is 53.8 Å². The molecule has 2 aromatic rings. The Morgan fingerprint density at radius 3 is 3.12 bits per heavy atom. The van der Waals surface area contributed by atoms with E-state index < -0.39 is 0 Å². The van der Waals surface area contributed by atoms with Crippen LogP contribution in [-0.2, 0) is 11.2 Å². The fourth-order valence-corrected chi connectivity index (χ4v) is 3.45. The van der Waals surface area contributed by atoms with E-state index in [-0.39, 0.29) is 12.0 Å². The molecule has 1 aliphatic carbocycles. The molecule has 1 unspecified atom stereocenters. The van der Waals surface area contributed by atoms with Gasteiger partial charge in [-0.1, -0.05) is 5.16 Å². The monoisotopic (exact) mass is 348 g/mol. The van der Waals surface area contributed by atoms with Gasteiger partial charge in [-0.3, -0.25) is 4.79 Å². The third-order valence-electron chi connectivity index (χ3n) is 4.41. The van der Waals surface area contributed by atoms with E-state index in [4.69, 9.17) is 9.26 Å². The molecule has 8 heteroatoms. The molecule has 1 amide bonds. The van der Waals surface area contributed by atoms with Gasteiger partial charge in [-0.15, -0.1) is 11.3 Å². The van der Waals surface area contributed by atoms with Crippen molar-refractivity contribution < 1.29 is 14.1 Å². The summed E-state index contributed by atoms with van der Waals surface area (Å²) < 4.78 is 11.2. The number of thiazole rings is 1. The minimum Gasteiger partial charge on any atom is -0.376 e. The average Bonchev–Trinajstić information content (AvgIpc) is 3.12. The van der Waals surface area contributed by atoms with Crippen LogP contribution in [0.2, 0.25) is 0 Å². The van der Waals surface area contributed by atoms with E-state index in [1.807, 2.05) is 4.90 Å². The zero-order valence-electron chi connectivity index (χ0n) is 13.4. The van der Waals surface area contributed by atoms with Crippen molar-refractivity contribution in [3.8, 4) is 0 Å². The number of carbonyl (C=O) groups excluding carboxylic acids is 1. The van der Waals surface area contributed by atoms with Gasteiger partial charge in [0.2, 0.25) is 5.89 Å². The third kappa shape index (κ3) is 3.64. The molecular weight excluding hydrogens is 328 g/mol. The lowest BCUT2D eigenvalue weighted by atomic mass is 10.1. The summed E-state index contributed by atoms with van der Waals surface area (Å²) in [6, 6.07) is 0. The summed E-state index contributed by atoms with van der Waals surface area (Å²) in [5.41, 5.74) is 2.21. The molecule has 0 spiro atoms. The molecule has 1 aliphatic heterocycles. The van der Waals surface area contributed by atoms with E-state index in [9.17, 15) is 4.79 Å². The molecule has 0 N–H and O–H groups in total. The topological polar surface area (TPSA) is 81.4 Å². The third-order valence-corrected chi connectivity index (χ3v) is 4.99. The first kappa shape index (κ1) is 15.7. The Hall–Kier alpha value is -1.80. The van der Waals surface area contributed by atoms with Crippen LogP contribution in [0.15, 0.2) is 15.4 Å². The first-order valence-corrected chi connectivity index (χ1v) is 9.35. The largest absolute Gasteiger partial charge is 0.376 e. The van der Waals surface area contributed by atoms with Crippen LogP contribution in [0.4, 0.5) is 0 Å². The predicted molar refractivity (Wildman–Crippen MR) is 87.0 cm³/mol. The molecule has 2 aromatic heterocycles. The number of rotatable bonds is 6. The van der Waals surface area contributed by atoms with Gasteiger partial charge in [0, 0.05) is 30.8 Å². The van der Waals surface area contributed by atoms with Gasteiger partial charge in [0.25, 0.3) is 5.91 Å². The average molecular weight is 348 g/mol. The Balaban J connectivity index is 1.24. The smallest absolute Gasteiger partial charge is 0.273 e. The summed E-state index contributed by atoms with van der Waals surface area (Å²) in [5, 5.41) is 5.79. The summed E-state index contributed by atoms with van der Waals surface area (Å²) in [6.07, 6.45) is 4.95. The highest BCUT2D eigenvalue weighted by Gasteiger charge is 2.30. The van der Waals surface area contributed by atoms with Crippen molar-refractivity contribution in [1.82, 2.24) is 20.0 Å². The highest BCUT2D eigenvalue weighted by atomic mass is 32.1. The SMILES string of the molecule is O=C(c1cscn1)N1CCCC(OCCc2noc(C3CC3)n2)C1. The van der Waals surface area contributed by atoms with Crippen LogP contribution >= 0.6 is 11.3 Å². The van der Waals surface area contributed by atoms with E-state index in [2.05, 4.69) is 15.1 Å². The highest BCUT2D eigenvalue weighted by Crippen LogP contribution is 2.38. The van der Waals surface area contributed by atoms with Gasteiger partial charge >= 0.3 is 0 Å². The number of amides is 1. The Labute approximate surface area is 144 Å². The van der Waals surface area contributed by atoms with Crippen LogP contribution in [0.25, 0.3) is 0 Å². The second-order valence-electron chi connectivity index (χ2n) is 6.33. The Morgan fingerprint density at radius 1 is 1.42 bits per heavy atom.